The molecule has 3 rings (SSSR count). The first-order chi connectivity index (χ1) is 13.1. The lowest BCUT2D eigenvalue weighted by molar-refractivity contribution is -0.145. The average Bonchev–Trinajstić information content (AvgIpc) is 3.26. The molecule has 2 heterocycles. The fraction of sp³-hybridized carbons (Fsp3) is 0.421. The number of rotatable bonds is 7. The molecule has 0 aliphatic carbocycles. The highest BCUT2D eigenvalue weighted by Crippen LogP contribution is 2.33. The molecular formula is C19H21NO5S2. The number of amides is 1. The van der Waals surface area contributed by atoms with Crippen molar-refractivity contribution in [1.82, 2.24) is 4.90 Å². The number of carbonyl (C=O) groups is 2. The molecule has 27 heavy (non-hydrogen) atoms. The maximum atomic E-state index is 12.6. The van der Waals surface area contributed by atoms with Crippen molar-refractivity contribution in [2.75, 3.05) is 26.4 Å². The number of hydrogen-bond donors (Lipinski definition) is 0. The molecule has 2 saturated heterocycles. The molecular weight excluding hydrogens is 386 g/mol. The maximum Gasteiger partial charge on any atom is 0.344 e. The lowest BCUT2D eigenvalue weighted by atomic mass is 10.2. The highest BCUT2D eigenvalue weighted by Gasteiger charge is 2.34. The number of carbonyl (C=O) groups excluding carboxylic acids is 2. The summed E-state index contributed by atoms with van der Waals surface area (Å²) in [6.07, 6.45) is 3.87. The molecule has 0 aromatic heterocycles. The van der Waals surface area contributed by atoms with Gasteiger partial charge >= 0.3 is 5.97 Å². The van der Waals surface area contributed by atoms with Crippen molar-refractivity contribution >= 4 is 46.3 Å². The van der Waals surface area contributed by atoms with Gasteiger partial charge in [0.25, 0.3) is 5.91 Å². The molecule has 6 nitrogen and oxygen atoms in total. The van der Waals surface area contributed by atoms with Crippen LogP contribution in [0.3, 0.4) is 0 Å². The van der Waals surface area contributed by atoms with E-state index in [1.54, 1.807) is 24.0 Å². The van der Waals surface area contributed by atoms with E-state index in [0.717, 1.165) is 25.0 Å². The van der Waals surface area contributed by atoms with Crippen LogP contribution in [0.4, 0.5) is 0 Å². The maximum absolute atomic E-state index is 12.6. The number of benzene rings is 1. The summed E-state index contributed by atoms with van der Waals surface area (Å²) in [5.41, 5.74) is 0.858. The Morgan fingerprint density at radius 3 is 2.85 bits per heavy atom. The van der Waals surface area contributed by atoms with Crippen LogP contribution in [0.1, 0.15) is 25.3 Å². The second-order valence-electron chi connectivity index (χ2n) is 6.09. The Kier molecular flexibility index (Phi) is 6.87. The Bertz CT molecular complexity index is 741. The Hall–Kier alpha value is -1.90. The molecule has 8 heteroatoms. The number of esters is 1. The molecule has 144 valence electrons. The topological polar surface area (TPSA) is 65.1 Å². The smallest absolute Gasteiger partial charge is 0.344 e. The van der Waals surface area contributed by atoms with Crippen molar-refractivity contribution in [1.29, 1.82) is 0 Å². The van der Waals surface area contributed by atoms with Crippen LogP contribution in [0.15, 0.2) is 29.2 Å². The summed E-state index contributed by atoms with van der Waals surface area (Å²) >= 11 is 6.66. The Morgan fingerprint density at radius 1 is 1.41 bits per heavy atom. The molecule has 1 atom stereocenters. The zero-order chi connectivity index (χ0) is 19.2. The standard InChI is InChI=1S/C19H21NO5S2/c1-2-23-17(21)12-25-14-7-5-13(6-8-14)10-16-18(22)20(19(26)27-16)11-15-4-3-9-24-15/h5-8,10,15H,2-4,9,11-12H2,1H3/b16-10-/t15-/m0/s1. The van der Waals surface area contributed by atoms with Crippen LogP contribution in [0, 0.1) is 0 Å². The van der Waals surface area contributed by atoms with Crippen LogP contribution in [0.25, 0.3) is 6.08 Å². The largest absolute Gasteiger partial charge is 0.482 e. The first-order valence-corrected chi connectivity index (χ1v) is 10.0. The number of nitrogens with zero attached hydrogens (tertiary/aromatic N) is 1. The fourth-order valence-electron chi connectivity index (χ4n) is 2.81. The molecule has 1 amide bonds. The zero-order valence-electron chi connectivity index (χ0n) is 15.0. The van der Waals surface area contributed by atoms with Gasteiger partial charge in [-0.2, -0.15) is 0 Å². The molecule has 2 aliphatic heterocycles. The molecule has 0 radical (unpaired) electrons. The number of thiocarbonyl (C=S) groups is 1. The van der Waals surface area contributed by atoms with Gasteiger partial charge in [-0.3, -0.25) is 9.69 Å². The van der Waals surface area contributed by atoms with Gasteiger partial charge in [-0.05, 0) is 43.5 Å². The quantitative estimate of drug-likeness (QED) is 0.391. The molecule has 0 bridgehead atoms. The SMILES string of the molecule is CCOC(=O)COc1ccc(/C=C2\SC(=S)N(C[C@@H]3CCCO3)C2=O)cc1. The van der Waals surface area contributed by atoms with Crippen LogP contribution < -0.4 is 4.74 Å². The van der Waals surface area contributed by atoms with E-state index in [1.165, 1.54) is 11.8 Å². The van der Waals surface area contributed by atoms with E-state index in [9.17, 15) is 9.59 Å². The summed E-state index contributed by atoms with van der Waals surface area (Å²) in [5, 5.41) is 0. The summed E-state index contributed by atoms with van der Waals surface area (Å²) in [4.78, 5) is 26.2. The summed E-state index contributed by atoms with van der Waals surface area (Å²) in [6, 6.07) is 7.15. The first kappa shape index (κ1) is 19.9. The third kappa shape index (κ3) is 5.31. The predicted octanol–water partition coefficient (Wildman–Crippen LogP) is 3.01. The van der Waals surface area contributed by atoms with Gasteiger partial charge in [-0.1, -0.05) is 36.1 Å². The van der Waals surface area contributed by atoms with Crippen molar-refractivity contribution in [3.63, 3.8) is 0 Å². The van der Waals surface area contributed by atoms with Crippen LogP contribution in [0.5, 0.6) is 5.75 Å². The zero-order valence-corrected chi connectivity index (χ0v) is 16.6. The van der Waals surface area contributed by atoms with Crippen molar-refractivity contribution in [2.24, 2.45) is 0 Å². The molecule has 1 aromatic carbocycles. The minimum atomic E-state index is -0.406. The number of hydrogen-bond acceptors (Lipinski definition) is 7. The number of ether oxygens (including phenoxy) is 3. The molecule has 0 unspecified atom stereocenters. The fourth-order valence-corrected chi connectivity index (χ4v) is 4.08. The predicted molar refractivity (Wildman–Crippen MR) is 107 cm³/mol. The molecule has 2 fully saturated rings. The second-order valence-corrected chi connectivity index (χ2v) is 7.77. The molecule has 0 spiro atoms. The monoisotopic (exact) mass is 407 g/mol. The van der Waals surface area contributed by atoms with E-state index in [2.05, 4.69) is 0 Å². The highest BCUT2D eigenvalue weighted by atomic mass is 32.2. The molecule has 2 aliphatic rings. The van der Waals surface area contributed by atoms with Gasteiger partial charge < -0.3 is 14.2 Å². The van der Waals surface area contributed by atoms with Crippen LogP contribution in [-0.4, -0.2) is 53.6 Å². The Balaban J connectivity index is 1.59. The second kappa shape index (κ2) is 9.34. The normalized spacial score (nSPS) is 21.1. The van der Waals surface area contributed by atoms with Crippen molar-refractivity contribution < 1.29 is 23.8 Å². The molecule has 0 N–H and O–H groups in total. The van der Waals surface area contributed by atoms with Gasteiger partial charge in [0.15, 0.2) is 6.61 Å². The minimum Gasteiger partial charge on any atom is -0.482 e. The van der Waals surface area contributed by atoms with Crippen molar-refractivity contribution in [3.8, 4) is 5.75 Å². The van der Waals surface area contributed by atoms with E-state index in [1.807, 2.05) is 18.2 Å². The van der Waals surface area contributed by atoms with E-state index in [4.69, 9.17) is 26.4 Å². The van der Waals surface area contributed by atoms with E-state index < -0.39 is 5.97 Å². The summed E-state index contributed by atoms with van der Waals surface area (Å²) in [6.45, 7) is 3.21. The summed E-state index contributed by atoms with van der Waals surface area (Å²) in [7, 11) is 0. The van der Waals surface area contributed by atoms with Gasteiger partial charge in [0, 0.05) is 6.61 Å². The Labute approximate surface area is 167 Å². The van der Waals surface area contributed by atoms with Gasteiger partial charge in [-0.15, -0.1) is 0 Å². The van der Waals surface area contributed by atoms with E-state index in [-0.39, 0.29) is 18.6 Å². The third-order valence-electron chi connectivity index (χ3n) is 4.12. The Morgan fingerprint density at radius 2 is 2.19 bits per heavy atom. The van der Waals surface area contributed by atoms with E-state index in [0.29, 0.717) is 28.1 Å². The number of thioether (sulfide) groups is 1. The third-order valence-corrected chi connectivity index (χ3v) is 5.50. The molecule has 0 saturated carbocycles. The van der Waals surface area contributed by atoms with E-state index >= 15 is 0 Å². The average molecular weight is 408 g/mol. The van der Waals surface area contributed by atoms with Crippen molar-refractivity contribution in [3.05, 3.63) is 34.7 Å². The van der Waals surface area contributed by atoms with Crippen LogP contribution >= 0.6 is 24.0 Å². The molecule has 1 aromatic rings. The highest BCUT2D eigenvalue weighted by molar-refractivity contribution is 8.26. The summed E-state index contributed by atoms with van der Waals surface area (Å²) in [5.74, 6) is 0.0748. The minimum absolute atomic E-state index is 0.0719. The van der Waals surface area contributed by atoms with Crippen LogP contribution in [-0.2, 0) is 19.1 Å². The van der Waals surface area contributed by atoms with Crippen molar-refractivity contribution in [2.45, 2.75) is 25.9 Å². The lowest BCUT2D eigenvalue weighted by Gasteiger charge is -2.18. The summed E-state index contributed by atoms with van der Waals surface area (Å²) < 4.78 is 16.4. The van der Waals surface area contributed by atoms with Gasteiger partial charge in [0.2, 0.25) is 0 Å². The first-order valence-electron chi connectivity index (χ1n) is 8.82. The lowest BCUT2D eigenvalue weighted by Crippen LogP contribution is -2.35. The van der Waals surface area contributed by atoms with Crippen LogP contribution in [0.2, 0.25) is 0 Å². The van der Waals surface area contributed by atoms with Gasteiger partial charge in [0.1, 0.15) is 10.1 Å². The van der Waals surface area contributed by atoms with Gasteiger partial charge in [0.05, 0.1) is 24.2 Å². The van der Waals surface area contributed by atoms with Gasteiger partial charge in [-0.25, -0.2) is 4.79 Å².